The van der Waals surface area contributed by atoms with Gasteiger partial charge in [-0.25, -0.2) is 23.5 Å². The Hall–Kier alpha value is -3.24. The van der Waals surface area contributed by atoms with E-state index in [1.165, 1.54) is 24.4 Å². The van der Waals surface area contributed by atoms with Crippen LogP contribution in [-0.2, 0) is 4.74 Å². The molecule has 0 bridgehead atoms. The van der Waals surface area contributed by atoms with Crippen LogP contribution in [0.2, 0.25) is 5.02 Å². The molecule has 3 aromatic rings. The van der Waals surface area contributed by atoms with E-state index >= 15 is 0 Å². The van der Waals surface area contributed by atoms with Gasteiger partial charge in [-0.05, 0) is 18.2 Å². The van der Waals surface area contributed by atoms with Gasteiger partial charge in [0.25, 0.3) is 0 Å². The average Bonchev–Trinajstić information content (AvgIpc) is 3.13. The van der Waals surface area contributed by atoms with E-state index < -0.39 is 24.2 Å². The zero-order valence-electron chi connectivity index (χ0n) is 17.6. The Morgan fingerprint density at radius 1 is 1.27 bits per heavy atom. The second-order valence-electron chi connectivity index (χ2n) is 8.03. The molecule has 1 aromatic heterocycles. The molecule has 1 spiro atoms. The molecule has 5 rings (SSSR count). The first-order chi connectivity index (χ1) is 15.9. The Kier molecular flexibility index (Phi) is 5.41. The van der Waals surface area contributed by atoms with Crippen molar-refractivity contribution >= 4 is 45.8 Å². The van der Waals surface area contributed by atoms with Crippen molar-refractivity contribution in [2.75, 3.05) is 50.2 Å². The predicted molar refractivity (Wildman–Crippen MR) is 120 cm³/mol. The van der Waals surface area contributed by atoms with Gasteiger partial charge in [0.1, 0.15) is 24.6 Å². The topological polar surface area (TPSA) is 79.8 Å². The number of anilines is 3. The molecular formula is C22H20ClF2N5O3. The van der Waals surface area contributed by atoms with Gasteiger partial charge in [0, 0.05) is 31.1 Å². The van der Waals surface area contributed by atoms with Crippen LogP contribution >= 0.6 is 11.6 Å². The van der Waals surface area contributed by atoms with Gasteiger partial charge in [0.05, 0.1) is 35.6 Å². The summed E-state index contributed by atoms with van der Waals surface area (Å²) in [4.78, 5) is 24.7. The van der Waals surface area contributed by atoms with Crippen LogP contribution < -0.4 is 15.0 Å². The van der Waals surface area contributed by atoms with E-state index in [0.717, 1.165) is 0 Å². The van der Waals surface area contributed by atoms with Crippen molar-refractivity contribution in [3.63, 3.8) is 0 Å². The summed E-state index contributed by atoms with van der Waals surface area (Å²) in [5.74, 6) is 0.160. The van der Waals surface area contributed by atoms with E-state index in [1.54, 1.807) is 24.3 Å². The van der Waals surface area contributed by atoms with E-state index in [2.05, 4.69) is 15.3 Å². The standard InChI is InChI=1S/C22H20ClF2N5O3/c1-32-18-8-16-13(20(27-12-26-16)28-15-4-2-3-14(23)19(15)25)7-17(18)30-11-22(33-21(30)31)9-29(10-22)6-5-24/h2-4,7-8,12H,5-6,9-11H2,1H3,(H,26,27,28). The molecular weight excluding hydrogens is 456 g/mol. The first-order valence-corrected chi connectivity index (χ1v) is 10.6. The molecule has 8 nitrogen and oxygen atoms in total. The van der Waals surface area contributed by atoms with Gasteiger partial charge < -0.3 is 14.8 Å². The molecule has 33 heavy (non-hydrogen) atoms. The lowest BCUT2D eigenvalue weighted by Gasteiger charge is -2.45. The van der Waals surface area contributed by atoms with Gasteiger partial charge in [0.2, 0.25) is 0 Å². The average molecular weight is 476 g/mol. The zero-order chi connectivity index (χ0) is 23.2. The molecule has 2 aliphatic rings. The summed E-state index contributed by atoms with van der Waals surface area (Å²) < 4.78 is 38.2. The number of likely N-dealkylation sites (tertiary alicyclic amines) is 1. The molecule has 2 fully saturated rings. The van der Waals surface area contributed by atoms with Crippen LogP contribution in [0.25, 0.3) is 10.9 Å². The summed E-state index contributed by atoms with van der Waals surface area (Å²) in [6.45, 7) is 1.11. The third kappa shape index (κ3) is 3.79. The van der Waals surface area contributed by atoms with E-state index in [4.69, 9.17) is 21.1 Å². The Balaban J connectivity index is 1.51. The number of aromatic nitrogens is 2. The van der Waals surface area contributed by atoms with Crippen LogP contribution in [-0.4, -0.2) is 66.5 Å². The number of hydrogen-bond donors (Lipinski definition) is 1. The molecule has 0 unspecified atom stereocenters. The fraction of sp³-hybridized carbons (Fsp3) is 0.318. The number of nitrogens with one attached hydrogen (secondary N) is 1. The van der Waals surface area contributed by atoms with E-state index in [9.17, 15) is 13.6 Å². The normalized spacial score (nSPS) is 17.3. The van der Waals surface area contributed by atoms with Crippen LogP contribution in [0.1, 0.15) is 0 Å². The highest BCUT2D eigenvalue weighted by Crippen LogP contribution is 2.41. The van der Waals surface area contributed by atoms with Crippen molar-refractivity contribution in [3.05, 3.63) is 47.5 Å². The third-order valence-corrected chi connectivity index (χ3v) is 6.12. The van der Waals surface area contributed by atoms with Crippen LogP contribution in [0, 0.1) is 5.82 Å². The van der Waals surface area contributed by atoms with Crippen LogP contribution in [0.15, 0.2) is 36.7 Å². The number of carbonyl (C=O) groups excluding carboxylic acids is 1. The molecule has 0 saturated carbocycles. The number of nitrogens with zero attached hydrogens (tertiary/aromatic N) is 4. The summed E-state index contributed by atoms with van der Waals surface area (Å²) in [6, 6.07) is 8.00. The smallest absolute Gasteiger partial charge is 0.415 e. The van der Waals surface area contributed by atoms with E-state index in [0.29, 0.717) is 54.3 Å². The van der Waals surface area contributed by atoms with Gasteiger partial charge in [-0.15, -0.1) is 0 Å². The van der Waals surface area contributed by atoms with Gasteiger partial charge in [-0.1, -0.05) is 17.7 Å². The highest BCUT2D eigenvalue weighted by atomic mass is 35.5. The van der Waals surface area contributed by atoms with Crippen LogP contribution in [0.4, 0.5) is 30.8 Å². The Bertz CT molecular complexity index is 1240. The molecule has 2 aliphatic heterocycles. The largest absolute Gasteiger partial charge is 0.494 e. The first-order valence-electron chi connectivity index (χ1n) is 10.3. The molecule has 1 N–H and O–H groups in total. The fourth-order valence-corrected chi connectivity index (χ4v) is 4.47. The fourth-order valence-electron chi connectivity index (χ4n) is 4.29. The third-order valence-electron chi connectivity index (χ3n) is 5.83. The van der Waals surface area contributed by atoms with Gasteiger partial charge in [0.15, 0.2) is 11.4 Å². The monoisotopic (exact) mass is 475 g/mol. The molecule has 1 amide bonds. The second kappa shape index (κ2) is 8.27. The SMILES string of the molecule is COc1cc2ncnc(Nc3cccc(Cl)c3F)c2cc1N1CC2(CN(CCF)C2)OC1=O. The number of rotatable bonds is 6. The number of methoxy groups -OCH3 is 1. The highest BCUT2D eigenvalue weighted by Gasteiger charge is 2.54. The van der Waals surface area contributed by atoms with Crippen molar-refractivity contribution < 1.29 is 23.0 Å². The first kappa shape index (κ1) is 21.6. The summed E-state index contributed by atoms with van der Waals surface area (Å²) in [5, 5.41) is 3.48. The van der Waals surface area contributed by atoms with Crippen molar-refractivity contribution in [3.8, 4) is 5.75 Å². The molecule has 11 heteroatoms. The lowest BCUT2D eigenvalue weighted by molar-refractivity contribution is -0.0736. The van der Waals surface area contributed by atoms with E-state index in [1.807, 2.05) is 4.90 Å². The summed E-state index contributed by atoms with van der Waals surface area (Å²) in [5.41, 5.74) is 0.488. The zero-order valence-corrected chi connectivity index (χ0v) is 18.4. The molecule has 0 atom stereocenters. The van der Waals surface area contributed by atoms with E-state index in [-0.39, 0.29) is 10.7 Å². The number of hydrogen-bond acceptors (Lipinski definition) is 7. The van der Waals surface area contributed by atoms with Crippen molar-refractivity contribution in [2.24, 2.45) is 0 Å². The van der Waals surface area contributed by atoms with Gasteiger partial charge in [-0.2, -0.15) is 0 Å². The van der Waals surface area contributed by atoms with Gasteiger partial charge in [-0.3, -0.25) is 9.80 Å². The maximum Gasteiger partial charge on any atom is 0.415 e. The molecule has 2 saturated heterocycles. The molecule has 3 heterocycles. The number of benzene rings is 2. The number of carbonyl (C=O) groups is 1. The number of halogens is 3. The number of ether oxygens (including phenoxy) is 2. The predicted octanol–water partition coefficient (Wildman–Crippen LogP) is 4.16. The maximum absolute atomic E-state index is 14.4. The maximum atomic E-state index is 14.4. The van der Waals surface area contributed by atoms with Crippen molar-refractivity contribution in [2.45, 2.75) is 5.60 Å². The minimum Gasteiger partial charge on any atom is -0.494 e. The molecule has 172 valence electrons. The molecule has 0 aliphatic carbocycles. The Labute approximate surface area is 193 Å². The lowest BCUT2D eigenvalue weighted by atomic mass is 9.94. The van der Waals surface area contributed by atoms with Crippen molar-refractivity contribution in [1.82, 2.24) is 14.9 Å². The lowest BCUT2D eigenvalue weighted by Crippen LogP contribution is -2.64. The minimum absolute atomic E-state index is 0.0202. The van der Waals surface area contributed by atoms with Crippen LogP contribution in [0.5, 0.6) is 5.75 Å². The quantitative estimate of drug-likeness (QED) is 0.573. The Morgan fingerprint density at radius 3 is 2.85 bits per heavy atom. The summed E-state index contributed by atoms with van der Waals surface area (Å²) in [7, 11) is 1.50. The summed E-state index contributed by atoms with van der Waals surface area (Å²) >= 11 is 5.89. The number of alkyl halides is 1. The summed E-state index contributed by atoms with van der Waals surface area (Å²) in [6.07, 6.45) is 0.832. The molecule has 0 radical (unpaired) electrons. The Morgan fingerprint density at radius 2 is 2.09 bits per heavy atom. The number of fused-ring (bicyclic) bond motifs is 1. The second-order valence-corrected chi connectivity index (χ2v) is 8.43. The van der Waals surface area contributed by atoms with Gasteiger partial charge >= 0.3 is 6.09 Å². The number of amides is 1. The minimum atomic E-state index is -0.676. The van der Waals surface area contributed by atoms with Crippen LogP contribution in [0.3, 0.4) is 0 Å². The van der Waals surface area contributed by atoms with Crippen molar-refractivity contribution in [1.29, 1.82) is 0 Å². The molecule has 2 aromatic carbocycles. The highest BCUT2D eigenvalue weighted by molar-refractivity contribution is 6.31.